The van der Waals surface area contributed by atoms with Crippen LogP contribution in [0.15, 0.2) is 36.5 Å². The van der Waals surface area contributed by atoms with Gasteiger partial charge in [-0.1, -0.05) is 0 Å². The van der Waals surface area contributed by atoms with Crippen LogP contribution in [0.25, 0.3) is 17.0 Å². The van der Waals surface area contributed by atoms with Crippen molar-refractivity contribution in [2.75, 3.05) is 21.3 Å². The highest BCUT2D eigenvalue weighted by Crippen LogP contribution is 2.31. The molecule has 3 aromatic rings. The minimum atomic E-state index is -0.457. The van der Waals surface area contributed by atoms with Crippen LogP contribution in [0.3, 0.4) is 0 Å². The van der Waals surface area contributed by atoms with E-state index in [2.05, 4.69) is 10.1 Å². The third kappa shape index (κ3) is 2.57. The number of esters is 1. The van der Waals surface area contributed by atoms with E-state index in [-0.39, 0.29) is 0 Å². The van der Waals surface area contributed by atoms with Crippen LogP contribution in [0, 0.1) is 0 Å². The molecule has 0 aliphatic rings. The number of methoxy groups -OCH3 is 3. The molecule has 0 saturated heterocycles. The number of aromatic nitrogens is 3. The first-order chi connectivity index (χ1) is 11.2. The Hall–Kier alpha value is -3.09. The maximum Gasteiger partial charge on any atom is 0.341 e. The molecule has 3 rings (SSSR count). The molecule has 0 radical (unpaired) electrons. The summed E-state index contributed by atoms with van der Waals surface area (Å²) in [5.41, 5.74) is 1.54. The smallest absolute Gasteiger partial charge is 0.341 e. The SMILES string of the molecule is COC(=O)c1cccn2nc(-c3ccc(OC)c(OC)c3)nc12. The first kappa shape index (κ1) is 14.8. The van der Waals surface area contributed by atoms with E-state index in [0.717, 1.165) is 5.56 Å². The zero-order chi connectivity index (χ0) is 16.4. The van der Waals surface area contributed by atoms with Crippen LogP contribution in [0.5, 0.6) is 11.5 Å². The number of rotatable bonds is 4. The van der Waals surface area contributed by atoms with E-state index in [9.17, 15) is 4.79 Å². The molecule has 2 heterocycles. The van der Waals surface area contributed by atoms with E-state index in [4.69, 9.17) is 14.2 Å². The number of benzene rings is 1. The average Bonchev–Trinajstić information content (AvgIpc) is 3.04. The van der Waals surface area contributed by atoms with E-state index in [1.165, 1.54) is 11.6 Å². The number of fused-ring (bicyclic) bond motifs is 1. The van der Waals surface area contributed by atoms with Crippen molar-refractivity contribution in [3.63, 3.8) is 0 Å². The highest BCUT2D eigenvalue weighted by molar-refractivity contribution is 5.95. The number of hydrogen-bond acceptors (Lipinski definition) is 6. The van der Waals surface area contributed by atoms with Crippen molar-refractivity contribution in [3.8, 4) is 22.9 Å². The molecule has 0 aliphatic carbocycles. The molecular weight excluding hydrogens is 298 g/mol. The van der Waals surface area contributed by atoms with Crippen molar-refractivity contribution in [1.82, 2.24) is 14.6 Å². The van der Waals surface area contributed by atoms with Gasteiger partial charge >= 0.3 is 5.97 Å². The molecule has 0 N–H and O–H groups in total. The Morgan fingerprint density at radius 3 is 2.57 bits per heavy atom. The molecule has 7 heteroatoms. The highest BCUT2D eigenvalue weighted by Gasteiger charge is 2.16. The van der Waals surface area contributed by atoms with Gasteiger partial charge in [0.2, 0.25) is 0 Å². The molecule has 7 nitrogen and oxygen atoms in total. The minimum absolute atomic E-state index is 0.356. The molecule has 0 fully saturated rings. The zero-order valence-electron chi connectivity index (χ0n) is 12.9. The number of carbonyl (C=O) groups is 1. The summed E-state index contributed by atoms with van der Waals surface area (Å²) < 4.78 is 16.8. The van der Waals surface area contributed by atoms with E-state index in [1.54, 1.807) is 44.7 Å². The van der Waals surface area contributed by atoms with E-state index < -0.39 is 5.97 Å². The summed E-state index contributed by atoms with van der Waals surface area (Å²) in [6, 6.07) is 8.75. The third-order valence-corrected chi connectivity index (χ3v) is 3.41. The maximum atomic E-state index is 11.8. The Balaban J connectivity index is 2.12. The molecular formula is C16H15N3O4. The van der Waals surface area contributed by atoms with Gasteiger partial charge in [0.15, 0.2) is 23.0 Å². The lowest BCUT2D eigenvalue weighted by Crippen LogP contribution is -2.04. The predicted molar refractivity (Wildman–Crippen MR) is 82.9 cm³/mol. The molecule has 1 aromatic carbocycles. The molecule has 0 bridgehead atoms. The summed E-state index contributed by atoms with van der Waals surface area (Å²) in [7, 11) is 4.47. The summed E-state index contributed by atoms with van der Waals surface area (Å²) in [6.45, 7) is 0. The second-order valence-electron chi connectivity index (χ2n) is 4.69. The Morgan fingerprint density at radius 2 is 1.87 bits per heavy atom. The van der Waals surface area contributed by atoms with E-state index >= 15 is 0 Å². The second kappa shape index (κ2) is 5.96. The molecule has 0 amide bonds. The number of carbonyl (C=O) groups excluding carboxylic acids is 1. The van der Waals surface area contributed by atoms with Crippen LogP contribution in [0.1, 0.15) is 10.4 Å². The van der Waals surface area contributed by atoms with Gasteiger partial charge in [-0.3, -0.25) is 0 Å². The quantitative estimate of drug-likeness (QED) is 0.687. The summed E-state index contributed by atoms with van der Waals surface area (Å²) >= 11 is 0. The normalized spacial score (nSPS) is 10.6. The largest absolute Gasteiger partial charge is 0.493 e. The lowest BCUT2D eigenvalue weighted by Gasteiger charge is -2.07. The molecule has 2 aromatic heterocycles. The summed E-state index contributed by atoms with van der Waals surface area (Å²) in [5.74, 6) is 1.22. The van der Waals surface area contributed by atoms with Gasteiger partial charge in [-0.05, 0) is 30.3 Å². The van der Waals surface area contributed by atoms with Crippen molar-refractivity contribution in [2.24, 2.45) is 0 Å². The maximum absolute atomic E-state index is 11.8. The van der Waals surface area contributed by atoms with Crippen molar-refractivity contribution >= 4 is 11.6 Å². The van der Waals surface area contributed by atoms with Crippen LogP contribution >= 0.6 is 0 Å². The van der Waals surface area contributed by atoms with E-state index in [0.29, 0.717) is 28.5 Å². The number of nitrogens with zero attached hydrogens (tertiary/aromatic N) is 3. The van der Waals surface area contributed by atoms with Gasteiger partial charge in [0.1, 0.15) is 5.56 Å². The topological polar surface area (TPSA) is 75.0 Å². The van der Waals surface area contributed by atoms with Crippen LogP contribution < -0.4 is 9.47 Å². The van der Waals surface area contributed by atoms with Crippen molar-refractivity contribution in [3.05, 3.63) is 42.1 Å². The molecule has 0 atom stereocenters. The number of pyridine rings is 1. The van der Waals surface area contributed by atoms with E-state index in [1.807, 2.05) is 6.07 Å². The van der Waals surface area contributed by atoms with Crippen LogP contribution in [-0.4, -0.2) is 41.9 Å². The molecule has 0 aliphatic heterocycles. The van der Waals surface area contributed by atoms with Crippen molar-refractivity contribution in [1.29, 1.82) is 0 Å². The van der Waals surface area contributed by atoms with Gasteiger partial charge in [-0.15, -0.1) is 5.10 Å². The average molecular weight is 313 g/mol. The molecule has 0 unspecified atom stereocenters. The molecule has 23 heavy (non-hydrogen) atoms. The van der Waals surface area contributed by atoms with Crippen LogP contribution in [-0.2, 0) is 4.74 Å². The fraction of sp³-hybridized carbons (Fsp3) is 0.188. The molecule has 0 saturated carbocycles. The summed E-state index contributed by atoms with van der Waals surface area (Å²) in [6.07, 6.45) is 1.72. The molecule has 0 spiro atoms. The third-order valence-electron chi connectivity index (χ3n) is 3.41. The first-order valence-electron chi connectivity index (χ1n) is 6.84. The number of hydrogen-bond donors (Lipinski definition) is 0. The fourth-order valence-electron chi connectivity index (χ4n) is 2.27. The first-order valence-corrected chi connectivity index (χ1v) is 6.84. The minimum Gasteiger partial charge on any atom is -0.493 e. The van der Waals surface area contributed by atoms with Gasteiger partial charge in [0.25, 0.3) is 0 Å². The summed E-state index contributed by atoms with van der Waals surface area (Å²) in [5, 5.41) is 4.39. The van der Waals surface area contributed by atoms with Gasteiger partial charge < -0.3 is 14.2 Å². The Kier molecular flexibility index (Phi) is 3.84. The number of ether oxygens (including phenoxy) is 3. The summed E-state index contributed by atoms with van der Waals surface area (Å²) in [4.78, 5) is 16.3. The Labute approximate surface area is 132 Å². The van der Waals surface area contributed by atoms with Gasteiger partial charge in [-0.2, -0.15) is 0 Å². The Morgan fingerprint density at radius 1 is 1.09 bits per heavy atom. The van der Waals surface area contributed by atoms with Crippen molar-refractivity contribution < 1.29 is 19.0 Å². The van der Waals surface area contributed by atoms with Gasteiger partial charge in [-0.25, -0.2) is 14.3 Å². The van der Waals surface area contributed by atoms with Crippen LogP contribution in [0.2, 0.25) is 0 Å². The Bertz CT molecular complexity index is 873. The fourth-order valence-corrected chi connectivity index (χ4v) is 2.27. The van der Waals surface area contributed by atoms with Gasteiger partial charge in [0.05, 0.1) is 21.3 Å². The lowest BCUT2D eigenvalue weighted by atomic mass is 10.2. The zero-order valence-corrected chi connectivity index (χ0v) is 12.9. The lowest BCUT2D eigenvalue weighted by molar-refractivity contribution is 0.0602. The second-order valence-corrected chi connectivity index (χ2v) is 4.69. The monoisotopic (exact) mass is 313 g/mol. The van der Waals surface area contributed by atoms with Gasteiger partial charge in [0, 0.05) is 11.8 Å². The van der Waals surface area contributed by atoms with Crippen LogP contribution in [0.4, 0.5) is 0 Å². The highest BCUT2D eigenvalue weighted by atomic mass is 16.5. The molecule has 118 valence electrons. The van der Waals surface area contributed by atoms with Crippen molar-refractivity contribution in [2.45, 2.75) is 0 Å². The standard InChI is InChI=1S/C16H15N3O4/c1-21-12-7-6-10(9-13(12)22-2)14-17-15-11(16(20)23-3)5-4-8-19(15)18-14/h4-9H,1-3H3. The predicted octanol–water partition coefficient (Wildman–Crippen LogP) is 2.20.